The van der Waals surface area contributed by atoms with Crippen molar-refractivity contribution in [1.82, 2.24) is 0 Å². The molecule has 13 heteroatoms. The molecule has 0 saturated heterocycles. The minimum Gasteiger partial charge on any atom is -0.374 e. The lowest BCUT2D eigenvalue weighted by molar-refractivity contribution is -0.0402. The van der Waals surface area contributed by atoms with Crippen LogP contribution in [0, 0.1) is 0 Å². The van der Waals surface area contributed by atoms with E-state index in [1.807, 2.05) is 0 Å². The van der Waals surface area contributed by atoms with E-state index in [1.165, 1.54) is 62.6 Å². The molecule has 0 bridgehead atoms. The second kappa shape index (κ2) is 9.62. The van der Waals surface area contributed by atoms with Crippen molar-refractivity contribution >= 4 is 26.4 Å². The van der Waals surface area contributed by atoms with Crippen molar-refractivity contribution in [2.75, 3.05) is 56.9 Å². The van der Waals surface area contributed by atoms with Gasteiger partial charge in [0.1, 0.15) is 0 Å². The fraction of sp³-hybridized carbons (Fsp3) is 0.818. The normalized spacial score (nSPS) is 14.0. The Labute approximate surface area is 146 Å². The minimum absolute atomic E-state index is 1.38. The van der Waals surface area contributed by atoms with Crippen LogP contribution >= 0.6 is 0 Å². The molecule has 0 aliphatic heterocycles. The molecular weight excluding hydrogens is 374 g/mol. The molecular formula is C11H29NO9Si3. The van der Waals surface area contributed by atoms with Gasteiger partial charge in [-0.1, -0.05) is 6.58 Å². The van der Waals surface area contributed by atoms with Crippen LogP contribution in [0.1, 0.15) is 0 Å². The summed E-state index contributed by atoms with van der Waals surface area (Å²) in [7, 11) is 0.109. The van der Waals surface area contributed by atoms with Gasteiger partial charge in [-0.3, -0.25) is 5.73 Å². The van der Waals surface area contributed by atoms with Gasteiger partial charge in [0.15, 0.2) is 0 Å². The lowest BCUT2D eigenvalue weighted by atomic mass is 11.3. The zero-order valence-electron chi connectivity index (χ0n) is 15.5. The average molecular weight is 404 g/mol. The molecule has 0 aliphatic rings. The molecule has 24 heavy (non-hydrogen) atoms. The van der Waals surface area contributed by atoms with Gasteiger partial charge in [0.2, 0.25) is 0 Å². The van der Waals surface area contributed by atoms with Crippen molar-refractivity contribution < 1.29 is 39.8 Å². The van der Waals surface area contributed by atoms with Crippen LogP contribution in [0.15, 0.2) is 12.3 Å². The molecule has 0 aliphatic carbocycles. The third kappa shape index (κ3) is 3.73. The van der Waals surface area contributed by atoms with Crippen LogP contribution in [-0.4, -0.2) is 88.3 Å². The highest BCUT2D eigenvalue weighted by Crippen LogP contribution is 2.35. The predicted molar refractivity (Wildman–Crippen MR) is 91.5 cm³/mol. The van der Waals surface area contributed by atoms with Crippen LogP contribution in [0.5, 0.6) is 0 Å². The van der Waals surface area contributed by atoms with Gasteiger partial charge >= 0.3 is 26.4 Å². The van der Waals surface area contributed by atoms with Crippen molar-refractivity contribution in [2.45, 2.75) is 4.97 Å². The summed E-state index contributed by atoms with van der Waals surface area (Å²) in [6, 6.07) is 0. The van der Waals surface area contributed by atoms with Crippen molar-refractivity contribution in [2.24, 2.45) is 5.73 Å². The summed E-state index contributed by atoms with van der Waals surface area (Å²) < 4.78 is 49.9. The van der Waals surface area contributed by atoms with Crippen LogP contribution in [0.2, 0.25) is 0 Å². The van der Waals surface area contributed by atoms with E-state index in [-0.39, 0.29) is 0 Å². The summed E-state index contributed by atoms with van der Waals surface area (Å²) in [5, 5.41) is 0. The highest BCUT2D eigenvalue weighted by molar-refractivity contribution is 6.86. The Morgan fingerprint density at radius 2 is 0.958 bits per heavy atom. The standard InChI is InChI=1S/C11H29NO9Si3/c1-10-22(13-2,14-3)21-11(12,23(15-4,16-5)17-6)24(18-7,19-8)20-9/h10H,1,12H2,2-9H3. The van der Waals surface area contributed by atoms with Gasteiger partial charge in [0.05, 0.1) is 0 Å². The first-order valence-electron chi connectivity index (χ1n) is 6.79. The third-order valence-corrected chi connectivity index (χ3v) is 13.4. The highest BCUT2D eigenvalue weighted by Gasteiger charge is 2.78. The van der Waals surface area contributed by atoms with Gasteiger partial charge in [-0.05, 0) is 5.70 Å². The molecule has 0 atom stereocenters. The molecule has 0 fully saturated rings. The Bertz CT molecular complexity index is 352. The second-order valence-electron chi connectivity index (χ2n) is 4.39. The summed E-state index contributed by atoms with van der Waals surface area (Å²) >= 11 is 0. The van der Waals surface area contributed by atoms with Crippen LogP contribution < -0.4 is 5.73 Å². The Morgan fingerprint density at radius 1 is 0.667 bits per heavy atom. The zero-order chi connectivity index (χ0) is 19.1. The van der Waals surface area contributed by atoms with E-state index in [4.69, 9.17) is 45.6 Å². The summed E-state index contributed by atoms with van der Waals surface area (Å²) in [5.41, 5.74) is 8.01. The molecule has 144 valence electrons. The molecule has 10 nitrogen and oxygen atoms in total. The predicted octanol–water partition coefficient (Wildman–Crippen LogP) is -0.550. The Morgan fingerprint density at radius 3 is 1.12 bits per heavy atom. The Balaban J connectivity index is 6.54. The van der Waals surface area contributed by atoms with Crippen molar-refractivity contribution in [3.05, 3.63) is 12.3 Å². The third-order valence-electron chi connectivity index (χ3n) is 3.64. The average Bonchev–Trinajstić information content (AvgIpc) is 2.63. The van der Waals surface area contributed by atoms with Gasteiger partial charge in [-0.2, -0.15) is 0 Å². The molecule has 0 unspecified atom stereocenters. The van der Waals surface area contributed by atoms with Gasteiger partial charge < -0.3 is 39.8 Å². The van der Waals surface area contributed by atoms with Crippen molar-refractivity contribution in [3.63, 3.8) is 0 Å². The topological polar surface area (TPSA) is 109 Å². The molecule has 0 aromatic rings. The highest BCUT2D eigenvalue weighted by atomic mass is 28.5. The van der Waals surface area contributed by atoms with Gasteiger partial charge in [-0.25, -0.2) is 0 Å². The van der Waals surface area contributed by atoms with E-state index in [2.05, 4.69) is 6.58 Å². The molecule has 0 radical (unpaired) electrons. The largest absolute Gasteiger partial charge is 0.553 e. The molecule has 0 amide bonds. The fourth-order valence-corrected chi connectivity index (χ4v) is 11.5. The first-order chi connectivity index (χ1) is 11.3. The monoisotopic (exact) mass is 403 g/mol. The SMILES string of the molecule is C=C[Si](OC)(OC)OC(N)([Si](OC)(OC)OC)[Si](OC)(OC)OC. The zero-order valence-corrected chi connectivity index (χ0v) is 18.5. The summed E-state index contributed by atoms with van der Waals surface area (Å²) in [6.07, 6.45) is 0. The molecule has 0 spiro atoms. The van der Waals surface area contributed by atoms with Gasteiger partial charge in [-0.15, -0.1) is 0 Å². The summed E-state index contributed by atoms with van der Waals surface area (Å²) in [5.74, 6) is 0. The molecule has 0 heterocycles. The maximum atomic E-state index is 6.61. The van der Waals surface area contributed by atoms with E-state index in [9.17, 15) is 0 Å². The second-order valence-corrected chi connectivity index (χ2v) is 13.7. The van der Waals surface area contributed by atoms with Crippen molar-refractivity contribution in [1.29, 1.82) is 0 Å². The summed E-state index contributed by atoms with van der Waals surface area (Å²) in [6.45, 7) is 3.70. The van der Waals surface area contributed by atoms with E-state index in [0.717, 1.165) is 0 Å². The van der Waals surface area contributed by atoms with Crippen molar-refractivity contribution in [3.8, 4) is 0 Å². The molecule has 2 N–H and O–H groups in total. The Hall–Kier alpha value is -0.00935. The first-order valence-corrected chi connectivity index (χ1v) is 12.0. The molecule has 0 saturated carbocycles. The van der Waals surface area contributed by atoms with Gasteiger partial charge in [0.25, 0.3) is 4.97 Å². The van der Waals surface area contributed by atoms with Crippen LogP contribution in [-0.2, 0) is 39.8 Å². The lowest BCUT2D eigenvalue weighted by Gasteiger charge is -2.48. The van der Waals surface area contributed by atoms with Crippen LogP contribution in [0.3, 0.4) is 0 Å². The summed E-state index contributed by atoms with van der Waals surface area (Å²) in [4.78, 5) is -1.90. The fourth-order valence-electron chi connectivity index (χ4n) is 2.32. The first kappa shape index (κ1) is 24.0. The number of rotatable bonds is 13. The van der Waals surface area contributed by atoms with E-state index in [0.29, 0.717) is 0 Å². The molecule has 0 aromatic carbocycles. The minimum atomic E-state index is -3.76. The quantitative estimate of drug-likeness (QED) is 0.318. The van der Waals surface area contributed by atoms with Crippen LogP contribution in [0.25, 0.3) is 0 Å². The van der Waals surface area contributed by atoms with E-state index >= 15 is 0 Å². The maximum Gasteiger partial charge on any atom is 0.553 e. The number of nitrogens with two attached hydrogens (primary N) is 1. The lowest BCUT2D eigenvalue weighted by Crippen LogP contribution is -2.86. The van der Waals surface area contributed by atoms with Crippen LogP contribution in [0.4, 0.5) is 0 Å². The Kier molecular flexibility index (Phi) is 9.62. The number of hydrogen-bond acceptors (Lipinski definition) is 10. The van der Waals surface area contributed by atoms with E-state index < -0.39 is 31.4 Å². The molecule has 0 aromatic heterocycles. The number of hydrogen-bond donors (Lipinski definition) is 1. The molecule has 0 rings (SSSR count). The maximum absolute atomic E-state index is 6.61. The smallest absolute Gasteiger partial charge is 0.374 e. The van der Waals surface area contributed by atoms with E-state index in [1.54, 1.807) is 0 Å². The van der Waals surface area contributed by atoms with Gasteiger partial charge in [0, 0.05) is 56.9 Å².